The predicted molar refractivity (Wildman–Crippen MR) is 80.1 cm³/mol. The van der Waals surface area contributed by atoms with E-state index in [0.29, 0.717) is 5.56 Å². The number of nitriles is 1. The highest BCUT2D eigenvalue weighted by atomic mass is 16.1. The minimum Gasteiger partial charge on any atom is -0.373 e. The summed E-state index contributed by atoms with van der Waals surface area (Å²) < 4.78 is 0. The Morgan fingerprint density at radius 3 is 2.40 bits per heavy atom. The van der Waals surface area contributed by atoms with Crippen LogP contribution in [0.25, 0.3) is 10.8 Å². The smallest absolute Gasteiger partial charge is 0.240 e. The van der Waals surface area contributed by atoms with E-state index in [-0.39, 0.29) is 11.8 Å². The molecule has 1 atom stereocenters. The molecule has 0 bridgehead atoms. The van der Waals surface area contributed by atoms with E-state index in [0.717, 1.165) is 16.5 Å². The molecule has 1 amide bonds. The molecule has 0 aliphatic heterocycles. The van der Waals surface area contributed by atoms with Gasteiger partial charge in [-0.15, -0.1) is 0 Å². The number of fused-ring (bicyclic) bond motifs is 1. The van der Waals surface area contributed by atoms with Crippen LogP contribution in [0.5, 0.6) is 0 Å². The number of rotatable bonds is 4. The highest BCUT2D eigenvalue weighted by molar-refractivity contribution is 5.98. The first-order chi connectivity index (χ1) is 9.54. The highest BCUT2D eigenvalue weighted by Crippen LogP contribution is 2.27. The Kier molecular flexibility index (Phi) is 3.90. The lowest BCUT2D eigenvalue weighted by molar-refractivity contribution is -0.119. The molecular weight excluding hydrogens is 250 g/mol. The molecule has 20 heavy (non-hydrogen) atoms. The zero-order valence-electron chi connectivity index (χ0n) is 11.6. The Morgan fingerprint density at radius 2 is 1.85 bits per heavy atom. The van der Waals surface area contributed by atoms with Gasteiger partial charge in [-0.05, 0) is 18.1 Å². The number of carbonyl (C=O) groups is 1. The summed E-state index contributed by atoms with van der Waals surface area (Å²) in [5, 5.41) is 14.1. The molecule has 2 rings (SSSR count). The SMILES string of the molecule is CC(C)C(Nc1ccc(C#N)c2ccccc12)C(N)=O. The van der Waals surface area contributed by atoms with Gasteiger partial charge < -0.3 is 11.1 Å². The van der Waals surface area contributed by atoms with Gasteiger partial charge in [-0.3, -0.25) is 4.79 Å². The van der Waals surface area contributed by atoms with Gasteiger partial charge in [-0.25, -0.2) is 0 Å². The maximum absolute atomic E-state index is 11.5. The third-order valence-corrected chi connectivity index (χ3v) is 3.33. The monoisotopic (exact) mass is 267 g/mol. The largest absolute Gasteiger partial charge is 0.373 e. The zero-order valence-corrected chi connectivity index (χ0v) is 11.6. The summed E-state index contributed by atoms with van der Waals surface area (Å²) >= 11 is 0. The number of primary amides is 1. The summed E-state index contributed by atoms with van der Waals surface area (Å²) in [5.41, 5.74) is 6.87. The fourth-order valence-electron chi connectivity index (χ4n) is 2.26. The number of nitrogens with two attached hydrogens (primary N) is 1. The second-order valence-corrected chi connectivity index (χ2v) is 5.09. The third kappa shape index (κ3) is 2.57. The Morgan fingerprint density at radius 1 is 1.20 bits per heavy atom. The van der Waals surface area contributed by atoms with Gasteiger partial charge in [0.15, 0.2) is 0 Å². The fourth-order valence-corrected chi connectivity index (χ4v) is 2.26. The first-order valence-electron chi connectivity index (χ1n) is 6.52. The van der Waals surface area contributed by atoms with Crippen molar-refractivity contribution in [2.24, 2.45) is 11.7 Å². The lowest BCUT2D eigenvalue weighted by Crippen LogP contribution is -2.39. The molecular formula is C16H17N3O. The summed E-state index contributed by atoms with van der Waals surface area (Å²) in [7, 11) is 0. The number of amides is 1. The molecule has 0 radical (unpaired) electrons. The molecule has 0 spiro atoms. The second kappa shape index (κ2) is 5.62. The van der Waals surface area contributed by atoms with E-state index in [1.54, 1.807) is 6.07 Å². The number of carbonyl (C=O) groups excluding carboxylic acids is 1. The van der Waals surface area contributed by atoms with E-state index >= 15 is 0 Å². The maximum atomic E-state index is 11.5. The third-order valence-electron chi connectivity index (χ3n) is 3.33. The van der Waals surface area contributed by atoms with Crippen molar-refractivity contribution in [1.82, 2.24) is 0 Å². The standard InChI is InChI=1S/C16H17N3O/c1-10(2)15(16(18)20)19-14-8-7-11(9-17)12-5-3-4-6-13(12)14/h3-8,10,15,19H,1-2H3,(H2,18,20). The van der Waals surface area contributed by atoms with Crippen LogP contribution in [0.3, 0.4) is 0 Å². The zero-order chi connectivity index (χ0) is 14.7. The minimum atomic E-state index is -0.439. The highest BCUT2D eigenvalue weighted by Gasteiger charge is 2.20. The van der Waals surface area contributed by atoms with Crippen molar-refractivity contribution in [2.45, 2.75) is 19.9 Å². The molecule has 4 nitrogen and oxygen atoms in total. The van der Waals surface area contributed by atoms with Crippen LogP contribution >= 0.6 is 0 Å². The Hall–Kier alpha value is -2.54. The molecule has 0 aliphatic rings. The summed E-state index contributed by atoms with van der Waals surface area (Å²) in [4.78, 5) is 11.5. The molecule has 0 saturated carbocycles. The van der Waals surface area contributed by atoms with Crippen molar-refractivity contribution < 1.29 is 4.79 Å². The van der Waals surface area contributed by atoms with E-state index in [2.05, 4.69) is 11.4 Å². The van der Waals surface area contributed by atoms with Gasteiger partial charge in [0.1, 0.15) is 6.04 Å². The molecule has 2 aromatic carbocycles. The van der Waals surface area contributed by atoms with Crippen LogP contribution in [0, 0.1) is 17.2 Å². The van der Waals surface area contributed by atoms with Crippen molar-refractivity contribution >= 4 is 22.4 Å². The van der Waals surface area contributed by atoms with E-state index in [1.807, 2.05) is 44.2 Å². The van der Waals surface area contributed by atoms with Crippen LogP contribution in [0.15, 0.2) is 36.4 Å². The molecule has 3 N–H and O–H groups in total. The molecule has 1 unspecified atom stereocenters. The van der Waals surface area contributed by atoms with Crippen LogP contribution < -0.4 is 11.1 Å². The van der Waals surface area contributed by atoms with Crippen LogP contribution in [0.2, 0.25) is 0 Å². The maximum Gasteiger partial charge on any atom is 0.240 e. The minimum absolute atomic E-state index is 0.0851. The normalized spacial score (nSPS) is 12.1. The predicted octanol–water partition coefficient (Wildman–Crippen LogP) is 2.63. The van der Waals surface area contributed by atoms with Crippen LogP contribution in [-0.4, -0.2) is 11.9 Å². The number of benzene rings is 2. The van der Waals surface area contributed by atoms with Crippen molar-refractivity contribution in [3.8, 4) is 6.07 Å². The van der Waals surface area contributed by atoms with Gasteiger partial charge in [0.2, 0.25) is 5.91 Å². The van der Waals surface area contributed by atoms with E-state index in [4.69, 9.17) is 11.0 Å². The van der Waals surface area contributed by atoms with Gasteiger partial charge in [0.05, 0.1) is 11.6 Å². The summed E-state index contributed by atoms with van der Waals surface area (Å²) in [6, 6.07) is 12.9. The Labute approximate surface area is 118 Å². The Bertz CT molecular complexity index is 686. The summed E-state index contributed by atoms with van der Waals surface area (Å²) in [6.07, 6.45) is 0. The molecule has 0 fully saturated rings. The van der Waals surface area contributed by atoms with E-state index in [9.17, 15) is 4.79 Å². The molecule has 0 aromatic heterocycles. The Balaban J connectivity index is 2.51. The number of hydrogen-bond donors (Lipinski definition) is 2. The number of nitrogens with zero attached hydrogens (tertiary/aromatic N) is 1. The first kappa shape index (κ1) is 13.9. The molecule has 2 aromatic rings. The van der Waals surface area contributed by atoms with Crippen LogP contribution in [-0.2, 0) is 4.79 Å². The van der Waals surface area contributed by atoms with Crippen LogP contribution in [0.4, 0.5) is 5.69 Å². The van der Waals surface area contributed by atoms with E-state index in [1.165, 1.54) is 0 Å². The van der Waals surface area contributed by atoms with Crippen molar-refractivity contribution in [3.05, 3.63) is 42.0 Å². The van der Waals surface area contributed by atoms with Gasteiger partial charge in [0, 0.05) is 16.5 Å². The first-order valence-corrected chi connectivity index (χ1v) is 6.52. The topological polar surface area (TPSA) is 78.9 Å². The molecule has 0 aliphatic carbocycles. The van der Waals surface area contributed by atoms with Gasteiger partial charge in [-0.1, -0.05) is 38.1 Å². The van der Waals surface area contributed by atoms with Gasteiger partial charge in [0.25, 0.3) is 0 Å². The fraction of sp³-hybridized carbons (Fsp3) is 0.250. The van der Waals surface area contributed by atoms with Crippen LogP contribution in [0.1, 0.15) is 19.4 Å². The number of anilines is 1. The van der Waals surface area contributed by atoms with Gasteiger partial charge in [-0.2, -0.15) is 5.26 Å². The van der Waals surface area contributed by atoms with Crippen molar-refractivity contribution in [3.63, 3.8) is 0 Å². The lowest BCUT2D eigenvalue weighted by Gasteiger charge is -2.21. The molecule has 0 saturated heterocycles. The average Bonchev–Trinajstić information content (AvgIpc) is 2.43. The van der Waals surface area contributed by atoms with Crippen molar-refractivity contribution in [2.75, 3.05) is 5.32 Å². The number of nitrogens with one attached hydrogen (secondary N) is 1. The second-order valence-electron chi connectivity index (χ2n) is 5.09. The molecule has 0 heterocycles. The summed E-state index contributed by atoms with van der Waals surface area (Å²) in [5.74, 6) is -0.296. The number of hydrogen-bond acceptors (Lipinski definition) is 3. The van der Waals surface area contributed by atoms with Crippen molar-refractivity contribution in [1.29, 1.82) is 5.26 Å². The summed E-state index contributed by atoms with van der Waals surface area (Å²) in [6.45, 7) is 3.88. The lowest BCUT2D eigenvalue weighted by atomic mass is 10.00. The van der Waals surface area contributed by atoms with E-state index < -0.39 is 6.04 Å². The molecule has 102 valence electrons. The van der Waals surface area contributed by atoms with Gasteiger partial charge >= 0.3 is 0 Å². The quantitative estimate of drug-likeness (QED) is 0.893. The molecule has 4 heteroatoms. The average molecular weight is 267 g/mol.